The van der Waals surface area contributed by atoms with Crippen LogP contribution >= 0.6 is 15.9 Å². The summed E-state index contributed by atoms with van der Waals surface area (Å²) in [6, 6.07) is 8.18. The summed E-state index contributed by atoms with van der Waals surface area (Å²) in [5, 5.41) is 26.2. The number of carbonyl (C=O) groups excluding carboxylic acids is 2. The van der Waals surface area contributed by atoms with Crippen molar-refractivity contribution in [1.82, 2.24) is 9.55 Å². The van der Waals surface area contributed by atoms with Crippen LogP contribution in [0.3, 0.4) is 0 Å². The summed E-state index contributed by atoms with van der Waals surface area (Å²) in [4.78, 5) is 53.9. The molecule has 0 saturated carbocycles. The van der Waals surface area contributed by atoms with Crippen LogP contribution in [0.15, 0.2) is 58.4 Å². The third kappa shape index (κ3) is 5.01. The molecule has 14 heteroatoms. The highest BCUT2D eigenvalue weighted by Crippen LogP contribution is 2.38. The summed E-state index contributed by atoms with van der Waals surface area (Å²) >= 11 is 3.31. The molecule has 35 heavy (non-hydrogen) atoms. The number of amides is 1. The number of hydrogen-bond donors (Lipinski definition) is 3. The number of nitro benzene ring substituents is 1. The van der Waals surface area contributed by atoms with Crippen LogP contribution in [-0.4, -0.2) is 49.7 Å². The number of carboxylic acids is 1. The van der Waals surface area contributed by atoms with Crippen molar-refractivity contribution in [2.45, 2.75) is 12.6 Å². The molecule has 178 valence electrons. The number of imidazole rings is 1. The normalized spacial score (nSPS) is 14.2. The van der Waals surface area contributed by atoms with E-state index in [-0.39, 0.29) is 29.4 Å². The van der Waals surface area contributed by atoms with E-state index in [0.29, 0.717) is 22.1 Å². The molecule has 1 atom stereocenters. The van der Waals surface area contributed by atoms with Gasteiger partial charge in [-0.3, -0.25) is 20.0 Å². The zero-order valence-corrected chi connectivity index (χ0v) is 19.1. The van der Waals surface area contributed by atoms with Crippen LogP contribution < -0.4 is 10.6 Å². The van der Waals surface area contributed by atoms with Gasteiger partial charge in [0.1, 0.15) is 24.6 Å². The minimum atomic E-state index is -1.40. The van der Waals surface area contributed by atoms with Gasteiger partial charge in [-0.05, 0) is 34.1 Å². The molecule has 1 aliphatic heterocycles. The first-order chi connectivity index (χ1) is 16.8. The fourth-order valence-electron chi connectivity index (χ4n) is 3.26. The van der Waals surface area contributed by atoms with Gasteiger partial charge < -0.3 is 20.0 Å². The van der Waals surface area contributed by atoms with Gasteiger partial charge in [0.25, 0.3) is 5.69 Å². The van der Waals surface area contributed by atoms with Crippen molar-refractivity contribution in [1.29, 1.82) is 0 Å². The van der Waals surface area contributed by atoms with Gasteiger partial charge in [0, 0.05) is 16.7 Å². The Balaban J connectivity index is 1.57. The Morgan fingerprint density at radius 2 is 2.11 bits per heavy atom. The molecule has 3 aromatic rings. The zero-order chi connectivity index (χ0) is 25.1. The number of aromatic nitrogens is 2. The molecule has 1 aromatic heterocycles. The number of anilines is 2. The van der Waals surface area contributed by atoms with E-state index in [0.717, 1.165) is 6.07 Å². The lowest BCUT2D eigenvalue weighted by molar-refractivity contribution is -0.384. The second-order valence-electron chi connectivity index (χ2n) is 7.13. The lowest BCUT2D eigenvalue weighted by Crippen LogP contribution is -2.38. The average molecular weight is 543 g/mol. The lowest BCUT2D eigenvalue weighted by atomic mass is 10.1. The summed E-state index contributed by atoms with van der Waals surface area (Å²) < 4.78 is 7.15. The Morgan fingerprint density at radius 1 is 1.34 bits per heavy atom. The number of aldehydes is 1. The largest absolute Gasteiger partial charge is 0.477 e. The molecule has 0 fully saturated rings. The SMILES string of the molecule is O=CC1Nc2cc([N+](=O)[O-])c(-n3cnc(COC(=O)Nc4ccccc4Br)c3)cc2N=C1C(=O)O. The molecule has 0 bridgehead atoms. The molecule has 1 unspecified atom stereocenters. The standard InChI is InChI=1S/C21H15BrN6O7/c22-12-3-1-2-4-13(12)26-21(32)35-9-11-7-27(10-23-11)17-5-15-14(6-18(17)28(33)34)24-16(8-29)19(25-15)20(30)31/h1-8,10,16,24H,9H2,(H,26,32)(H,30,31). The summed E-state index contributed by atoms with van der Waals surface area (Å²) in [7, 11) is 0. The number of fused-ring (bicyclic) bond motifs is 1. The first-order valence-corrected chi connectivity index (χ1v) is 10.6. The summed E-state index contributed by atoms with van der Waals surface area (Å²) in [5.41, 5.74) is 0.308. The topological polar surface area (TPSA) is 178 Å². The third-order valence-corrected chi connectivity index (χ3v) is 5.56. The van der Waals surface area contributed by atoms with Crippen LogP contribution in [-0.2, 0) is 20.9 Å². The van der Waals surface area contributed by atoms with Crippen LogP contribution in [0.4, 0.5) is 27.5 Å². The van der Waals surface area contributed by atoms with Crippen molar-refractivity contribution in [3.63, 3.8) is 0 Å². The number of ether oxygens (including phenoxy) is 1. The van der Waals surface area contributed by atoms with Gasteiger partial charge in [-0.25, -0.2) is 19.6 Å². The van der Waals surface area contributed by atoms with Crippen molar-refractivity contribution in [2.75, 3.05) is 10.6 Å². The summed E-state index contributed by atoms with van der Waals surface area (Å²) in [6.07, 6.45) is 2.33. The molecule has 3 N–H and O–H groups in total. The van der Waals surface area contributed by atoms with Gasteiger partial charge in [-0.1, -0.05) is 12.1 Å². The Bertz CT molecular complexity index is 1390. The fraction of sp³-hybridized carbons (Fsp3) is 0.0952. The second-order valence-corrected chi connectivity index (χ2v) is 7.98. The molecule has 13 nitrogen and oxygen atoms in total. The number of aliphatic carboxylic acids is 1. The Kier molecular flexibility index (Phi) is 6.55. The quantitative estimate of drug-likeness (QED) is 0.229. The van der Waals surface area contributed by atoms with E-state index >= 15 is 0 Å². The monoisotopic (exact) mass is 542 g/mol. The molecule has 0 radical (unpaired) electrons. The van der Waals surface area contributed by atoms with Crippen LogP contribution in [0, 0.1) is 10.1 Å². The Labute approximate surface area is 204 Å². The predicted molar refractivity (Wildman–Crippen MR) is 126 cm³/mol. The van der Waals surface area contributed by atoms with E-state index < -0.39 is 28.7 Å². The van der Waals surface area contributed by atoms with Crippen LogP contribution in [0.2, 0.25) is 0 Å². The number of halogens is 1. The number of nitrogens with zero attached hydrogens (tertiary/aromatic N) is 4. The molecular weight excluding hydrogens is 528 g/mol. The third-order valence-electron chi connectivity index (χ3n) is 4.87. The second kappa shape index (κ2) is 9.72. The summed E-state index contributed by atoms with van der Waals surface area (Å²) in [6.45, 7) is -0.216. The van der Waals surface area contributed by atoms with E-state index in [1.807, 2.05) is 0 Å². The highest BCUT2D eigenvalue weighted by Gasteiger charge is 2.30. The maximum Gasteiger partial charge on any atom is 0.412 e. The highest BCUT2D eigenvalue weighted by molar-refractivity contribution is 9.10. The Morgan fingerprint density at radius 3 is 2.80 bits per heavy atom. The molecule has 0 spiro atoms. The van der Waals surface area contributed by atoms with Crippen molar-refractivity contribution in [3.8, 4) is 5.69 Å². The fourth-order valence-corrected chi connectivity index (χ4v) is 3.64. The smallest absolute Gasteiger partial charge is 0.412 e. The van der Waals surface area contributed by atoms with Crippen LogP contribution in [0.25, 0.3) is 5.69 Å². The molecular formula is C21H15BrN6O7. The van der Waals surface area contributed by atoms with Gasteiger partial charge in [0.2, 0.25) is 0 Å². The molecule has 2 heterocycles. The van der Waals surface area contributed by atoms with Crippen molar-refractivity contribution >= 4 is 62.7 Å². The molecule has 1 amide bonds. The Hall–Kier alpha value is -4.59. The maximum atomic E-state index is 12.1. The molecule has 1 aliphatic rings. The van der Waals surface area contributed by atoms with E-state index in [9.17, 15) is 29.6 Å². The van der Waals surface area contributed by atoms with E-state index in [1.165, 1.54) is 23.2 Å². The number of nitro groups is 1. The molecule has 0 saturated heterocycles. The van der Waals surface area contributed by atoms with Gasteiger partial charge in [-0.15, -0.1) is 0 Å². The van der Waals surface area contributed by atoms with Crippen molar-refractivity contribution in [2.24, 2.45) is 4.99 Å². The van der Waals surface area contributed by atoms with E-state index in [2.05, 4.69) is 36.5 Å². The van der Waals surface area contributed by atoms with Gasteiger partial charge >= 0.3 is 12.1 Å². The number of carbonyl (C=O) groups is 3. The maximum absolute atomic E-state index is 12.1. The minimum Gasteiger partial charge on any atom is -0.477 e. The number of aliphatic imine (C=N–C) groups is 1. The number of nitrogens with one attached hydrogen (secondary N) is 2. The average Bonchev–Trinajstić information content (AvgIpc) is 3.31. The van der Waals surface area contributed by atoms with E-state index in [4.69, 9.17) is 4.74 Å². The van der Waals surface area contributed by atoms with Crippen LogP contribution in [0.5, 0.6) is 0 Å². The van der Waals surface area contributed by atoms with Crippen molar-refractivity contribution < 1.29 is 29.2 Å². The highest BCUT2D eigenvalue weighted by atomic mass is 79.9. The van der Waals surface area contributed by atoms with Crippen LogP contribution in [0.1, 0.15) is 5.69 Å². The lowest BCUT2D eigenvalue weighted by Gasteiger charge is -2.21. The minimum absolute atomic E-state index is 0.0463. The van der Waals surface area contributed by atoms with E-state index in [1.54, 1.807) is 24.3 Å². The number of hydrogen-bond acceptors (Lipinski definition) is 9. The molecule has 0 aliphatic carbocycles. The molecule has 4 rings (SSSR count). The first-order valence-electron chi connectivity index (χ1n) is 9.84. The van der Waals surface area contributed by atoms with Crippen molar-refractivity contribution in [3.05, 3.63) is 69.2 Å². The number of carboxylic acid groups (broad SMARTS) is 1. The number of para-hydroxylation sites is 1. The number of benzene rings is 2. The van der Waals surface area contributed by atoms with Gasteiger partial charge in [0.15, 0.2) is 5.71 Å². The first kappa shape index (κ1) is 23.6. The molecule has 2 aromatic carbocycles. The zero-order valence-electron chi connectivity index (χ0n) is 17.5. The summed E-state index contributed by atoms with van der Waals surface area (Å²) in [5.74, 6) is -1.40. The number of rotatable bonds is 7. The predicted octanol–water partition coefficient (Wildman–Crippen LogP) is 3.44. The van der Waals surface area contributed by atoms with Gasteiger partial charge in [0.05, 0.1) is 34.0 Å². The van der Waals surface area contributed by atoms with Gasteiger partial charge in [-0.2, -0.15) is 0 Å².